The molecule has 4 rings (SSSR count). The van der Waals surface area contributed by atoms with E-state index in [2.05, 4.69) is 24.3 Å². The molecule has 1 fully saturated rings. The topological polar surface area (TPSA) is 29.5 Å². The van der Waals surface area contributed by atoms with Crippen molar-refractivity contribution in [2.45, 2.75) is 31.6 Å². The van der Waals surface area contributed by atoms with Crippen LogP contribution < -0.4 is 0 Å². The lowest BCUT2D eigenvalue weighted by atomic mass is 9.94. The van der Waals surface area contributed by atoms with Gasteiger partial charge in [0.05, 0.1) is 12.6 Å². The highest BCUT2D eigenvalue weighted by molar-refractivity contribution is 6.30. The van der Waals surface area contributed by atoms with Crippen LogP contribution in [-0.4, -0.2) is 17.4 Å². The molecule has 0 bridgehead atoms. The molecule has 1 saturated heterocycles. The third kappa shape index (κ3) is 4.69. The van der Waals surface area contributed by atoms with Crippen molar-refractivity contribution in [3.05, 3.63) is 107 Å². The molecule has 0 N–H and O–H groups in total. The Bertz CT molecular complexity index is 928. The minimum Gasteiger partial charge on any atom is -0.366 e. The summed E-state index contributed by atoms with van der Waals surface area (Å²) in [5, 5.41) is 0.684. The first-order valence-electron chi connectivity index (χ1n) is 9.98. The van der Waals surface area contributed by atoms with E-state index >= 15 is 0 Å². The molecule has 0 aliphatic carbocycles. The summed E-state index contributed by atoms with van der Waals surface area (Å²) >= 11 is 6.13. The first-order chi connectivity index (χ1) is 14.2. The van der Waals surface area contributed by atoms with Crippen LogP contribution in [0.3, 0.4) is 0 Å². The average molecular weight is 406 g/mol. The zero-order valence-corrected chi connectivity index (χ0v) is 17.0. The first kappa shape index (κ1) is 19.7. The molecule has 0 unspecified atom stereocenters. The normalized spacial score (nSPS) is 16.0. The standard InChI is InChI=1S/C25H24ClNO2/c26-22-15-13-21(14-16-22)25(29-18-19-8-3-1-4-9-19)24(20-10-5-2-6-11-20)27-17-7-12-23(27)28/h1-6,8-11,13-16,24-25H,7,12,17-18H2/t24-,25+/m0/s1. The van der Waals surface area contributed by atoms with Gasteiger partial charge >= 0.3 is 0 Å². The van der Waals surface area contributed by atoms with Gasteiger partial charge in [0.15, 0.2) is 0 Å². The minimum atomic E-state index is -0.295. The highest BCUT2D eigenvalue weighted by atomic mass is 35.5. The monoisotopic (exact) mass is 405 g/mol. The fraction of sp³-hybridized carbons (Fsp3) is 0.240. The Morgan fingerprint density at radius 2 is 1.52 bits per heavy atom. The molecule has 1 aliphatic rings. The highest BCUT2D eigenvalue weighted by Gasteiger charge is 2.36. The second kappa shape index (κ2) is 9.25. The Balaban J connectivity index is 1.72. The Morgan fingerprint density at radius 3 is 2.14 bits per heavy atom. The van der Waals surface area contributed by atoms with Crippen molar-refractivity contribution >= 4 is 17.5 Å². The van der Waals surface area contributed by atoms with Gasteiger partial charge in [0.1, 0.15) is 6.10 Å². The second-order valence-electron chi connectivity index (χ2n) is 7.31. The number of halogens is 1. The molecule has 29 heavy (non-hydrogen) atoms. The number of hydrogen-bond acceptors (Lipinski definition) is 2. The van der Waals surface area contributed by atoms with E-state index in [0.717, 1.165) is 29.7 Å². The number of amides is 1. The zero-order valence-electron chi connectivity index (χ0n) is 16.2. The van der Waals surface area contributed by atoms with E-state index in [9.17, 15) is 4.79 Å². The van der Waals surface area contributed by atoms with Crippen molar-refractivity contribution in [3.63, 3.8) is 0 Å². The van der Waals surface area contributed by atoms with Crippen LogP contribution in [-0.2, 0) is 16.1 Å². The lowest BCUT2D eigenvalue weighted by molar-refractivity contribution is -0.134. The van der Waals surface area contributed by atoms with Gasteiger partial charge in [-0.25, -0.2) is 0 Å². The van der Waals surface area contributed by atoms with Crippen molar-refractivity contribution in [2.75, 3.05) is 6.54 Å². The lowest BCUT2D eigenvalue weighted by Gasteiger charge is -2.35. The van der Waals surface area contributed by atoms with Crippen LogP contribution in [0.5, 0.6) is 0 Å². The summed E-state index contributed by atoms with van der Waals surface area (Å²) in [5.41, 5.74) is 3.20. The summed E-state index contributed by atoms with van der Waals surface area (Å²) in [5.74, 6) is 0.182. The van der Waals surface area contributed by atoms with Gasteiger partial charge in [-0.1, -0.05) is 84.4 Å². The van der Waals surface area contributed by atoms with Gasteiger partial charge in [-0.15, -0.1) is 0 Å². The Labute approximate surface area is 176 Å². The Kier molecular flexibility index (Phi) is 6.28. The van der Waals surface area contributed by atoms with Crippen molar-refractivity contribution < 1.29 is 9.53 Å². The minimum absolute atomic E-state index is 0.182. The maximum atomic E-state index is 12.7. The van der Waals surface area contributed by atoms with Crippen LogP contribution in [0.4, 0.5) is 0 Å². The SMILES string of the molecule is O=C1CCCN1[C@@H](c1ccccc1)[C@H](OCc1ccccc1)c1ccc(Cl)cc1. The molecule has 0 saturated carbocycles. The maximum Gasteiger partial charge on any atom is 0.223 e. The molecule has 0 spiro atoms. The summed E-state index contributed by atoms with van der Waals surface area (Å²) in [6.45, 7) is 1.22. The summed E-state index contributed by atoms with van der Waals surface area (Å²) < 4.78 is 6.49. The largest absolute Gasteiger partial charge is 0.366 e. The van der Waals surface area contributed by atoms with Crippen LogP contribution in [0, 0.1) is 0 Å². The van der Waals surface area contributed by atoms with Crippen LogP contribution >= 0.6 is 11.6 Å². The fourth-order valence-electron chi connectivity index (χ4n) is 3.91. The first-order valence-corrected chi connectivity index (χ1v) is 10.4. The number of hydrogen-bond donors (Lipinski definition) is 0. The number of rotatable bonds is 7. The molecule has 1 heterocycles. The van der Waals surface area contributed by atoms with Crippen molar-refractivity contribution in [2.24, 2.45) is 0 Å². The number of carbonyl (C=O) groups excluding carboxylic acids is 1. The summed E-state index contributed by atoms with van der Waals surface area (Å²) in [6, 6.07) is 27.9. The molecule has 0 aromatic heterocycles. The van der Waals surface area contributed by atoms with Gasteiger partial charge in [0, 0.05) is 18.0 Å². The summed E-state index contributed by atoms with van der Waals surface area (Å²) in [6.07, 6.45) is 1.18. The molecule has 3 aromatic rings. The molecule has 4 heteroatoms. The molecule has 3 aromatic carbocycles. The van der Waals surface area contributed by atoms with E-state index < -0.39 is 0 Å². The predicted octanol–water partition coefficient (Wildman–Crippen LogP) is 5.96. The average Bonchev–Trinajstić information content (AvgIpc) is 3.18. The third-order valence-corrected chi connectivity index (χ3v) is 5.60. The van der Waals surface area contributed by atoms with Crippen LogP contribution in [0.2, 0.25) is 5.02 Å². The number of benzene rings is 3. The highest BCUT2D eigenvalue weighted by Crippen LogP contribution is 2.40. The van der Waals surface area contributed by atoms with E-state index in [1.807, 2.05) is 65.6 Å². The summed E-state index contributed by atoms with van der Waals surface area (Å²) in [4.78, 5) is 14.7. The van der Waals surface area contributed by atoms with Crippen molar-refractivity contribution in [1.29, 1.82) is 0 Å². The fourth-order valence-corrected chi connectivity index (χ4v) is 4.04. The number of ether oxygens (including phenoxy) is 1. The van der Waals surface area contributed by atoms with Gasteiger partial charge in [-0.2, -0.15) is 0 Å². The number of likely N-dealkylation sites (tertiary alicyclic amines) is 1. The summed E-state index contributed by atoms with van der Waals surface area (Å²) in [7, 11) is 0. The molecule has 1 amide bonds. The lowest BCUT2D eigenvalue weighted by Crippen LogP contribution is -2.35. The van der Waals surface area contributed by atoms with Gasteiger partial charge < -0.3 is 9.64 Å². The number of nitrogens with zero attached hydrogens (tertiary/aromatic N) is 1. The van der Waals surface area contributed by atoms with E-state index in [0.29, 0.717) is 18.1 Å². The number of carbonyl (C=O) groups is 1. The predicted molar refractivity (Wildman–Crippen MR) is 116 cm³/mol. The molecular formula is C25H24ClNO2. The molecule has 3 nitrogen and oxygen atoms in total. The van der Waals surface area contributed by atoms with Crippen LogP contribution in [0.1, 0.15) is 41.7 Å². The van der Waals surface area contributed by atoms with E-state index in [1.54, 1.807) is 0 Å². The van der Waals surface area contributed by atoms with Gasteiger partial charge in [0.2, 0.25) is 5.91 Å². The second-order valence-corrected chi connectivity index (χ2v) is 7.75. The van der Waals surface area contributed by atoms with Crippen molar-refractivity contribution in [3.8, 4) is 0 Å². The van der Waals surface area contributed by atoms with Crippen LogP contribution in [0.25, 0.3) is 0 Å². The van der Waals surface area contributed by atoms with E-state index in [4.69, 9.17) is 16.3 Å². The molecular weight excluding hydrogens is 382 g/mol. The smallest absolute Gasteiger partial charge is 0.223 e. The van der Waals surface area contributed by atoms with Crippen LogP contribution in [0.15, 0.2) is 84.9 Å². The zero-order chi connectivity index (χ0) is 20.1. The molecule has 2 atom stereocenters. The van der Waals surface area contributed by atoms with Gasteiger partial charge in [0.25, 0.3) is 0 Å². The quantitative estimate of drug-likeness (QED) is 0.485. The third-order valence-electron chi connectivity index (χ3n) is 5.34. The Morgan fingerprint density at radius 1 is 0.862 bits per heavy atom. The van der Waals surface area contributed by atoms with Gasteiger partial charge in [-0.3, -0.25) is 4.79 Å². The maximum absolute atomic E-state index is 12.7. The molecule has 148 valence electrons. The van der Waals surface area contributed by atoms with Gasteiger partial charge in [-0.05, 0) is 35.2 Å². The van der Waals surface area contributed by atoms with E-state index in [-0.39, 0.29) is 18.1 Å². The Hall–Kier alpha value is -2.62. The molecule has 1 aliphatic heterocycles. The van der Waals surface area contributed by atoms with Crippen molar-refractivity contribution in [1.82, 2.24) is 4.90 Å². The van der Waals surface area contributed by atoms with E-state index in [1.165, 1.54) is 0 Å². The molecule has 0 radical (unpaired) electrons.